The zero-order valence-corrected chi connectivity index (χ0v) is 16.9. The molecule has 1 fully saturated rings. The van der Waals surface area contributed by atoms with E-state index in [1.165, 1.54) is 12.1 Å². The van der Waals surface area contributed by atoms with E-state index in [2.05, 4.69) is 32.2 Å². The Kier molecular flexibility index (Phi) is 4.23. The lowest BCUT2D eigenvalue weighted by atomic mass is 9.94. The lowest BCUT2D eigenvalue weighted by Gasteiger charge is -2.37. The molecular formula is C22H22FN5O2. The van der Waals surface area contributed by atoms with Gasteiger partial charge in [0.2, 0.25) is 0 Å². The number of hydrogen-bond donors (Lipinski definition) is 2. The lowest BCUT2D eigenvalue weighted by molar-refractivity contribution is 0.0879. The minimum atomic E-state index is -0.323. The predicted octanol–water partition coefficient (Wildman–Crippen LogP) is 2.78. The summed E-state index contributed by atoms with van der Waals surface area (Å²) in [5, 5.41) is 10.6. The van der Waals surface area contributed by atoms with Crippen LogP contribution in [0.15, 0.2) is 24.3 Å². The second-order valence-corrected chi connectivity index (χ2v) is 7.77. The summed E-state index contributed by atoms with van der Waals surface area (Å²) in [6, 6.07) is 6.52. The number of benzene rings is 2. The van der Waals surface area contributed by atoms with Gasteiger partial charge in [0.15, 0.2) is 5.82 Å². The highest BCUT2D eigenvalue weighted by Crippen LogP contribution is 2.34. The van der Waals surface area contributed by atoms with E-state index in [9.17, 15) is 14.0 Å². The summed E-state index contributed by atoms with van der Waals surface area (Å²) in [7, 11) is 0. The molecule has 2 aliphatic rings. The van der Waals surface area contributed by atoms with Gasteiger partial charge >= 0.3 is 0 Å². The van der Waals surface area contributed by atoms with Gasteiger partial charge in [-0.15, -0.1) is 0 Å². The molecule has 1 aromatic heterocycles. The molecule has 3 aromatic rings. The number of H-pyrrole nitrogens is 1. The first kappa shape index (κ1) is 18.6. The van der Waals surface area contributed by atoms with E-state index in [1.807, 2.05) is 13.0 Å². The number of nitrogens with zero attached hydrogens (tertiary/aromatic N) is 3. The summed E-state index contributed by atoms with van der Waals surface area (Å²) in [5.41, 5.74) is 4.67. The summed E-state index contributed by atoms with van der Waals surface area (Å²) >= 11 is 0. The number of carbonyl (C=O) groups is 2. The fourth-order valence-electron chi connectivity index (χ4n) is 4.65. The second-order valence-electron chi connectivity index (χ2n) is 7.77. The quantitative estimate of drug-likeness (QED) is 0.653. The summed E-state index contributed by atoms with van der Waals surface area (Å²) < 4.78 is 13.5. The van der Waals surface area contributed by atoms with Crippen molar-refractivity contribution in [3.8, 4) is 0 Å². The number of rotatable bonds is 3. The van der Waals surface area contributed by atoms with Crippen molar-refractivity contribution in [2.45, 2.75) is 20.3 Å². The zero-order valence-electron chi connectivity index (χ0n) is 16.9. The van der Waals surface area contributed by atoms with Gasteiger partial charge in [-0.1, -0.05) is 6.92 Å². The van der Waals surface area contributed by atoms with Crippen molar-refractivity contribution in [3.05, 3.63) is 52.3 Å². The van der Waals surface area contributed by atoms with Crippen molar-refractivity contribution in [2.24, 2.45) is 0 Å². The van der Waals surface area contributed by atoms with Crippen LogP contribution in [0.25, 0.3) is 10.9 Å². The van der Waals surface area contributed by atoms with Gasteiger partial charge in [-0.05, 0) is 48.7 Å². The Labute approximate surface area is 172 Å². The van der Waals surface area contributed by atoms with E-state index in [0.717, 1.165) is 60.6 Å². The van der Waals surface area contributed by atoms with Gasteiger partial charge in [-0.25, -0.2) is 4.39 Å². The Morgan fingerprint density at radius 3 is 2.53 bits per heavy atom. The number of aromatic nitrogens is 2. The monoisotopic (exact) mass is 407 g/mol. The third kappa shape index (κ3) is 2.74. The molecule has 0 bridgehead atoms. The summed E-state index contributed by atoms with van der Waals surface area (Å²) in [6.07, 6.45) is 0.783. The number of halogens is 1. The molecule has 0 aliphatic carbocycles. The van der Waals surface area contributed by atoms with Crippen LogP contribution >= 0.6 is 0 Å². The highest BCUT2D eigenvalue weighted by molar-refractivity contribution is 6.22. The molecule has 0 atom stereocenters. The molecule has 8 heteroatoms. The molecule has 5 rings (SSSR count). The molecule has 1 saturated heterocycles. The summed E-state index contributed by atoms with van der Waals surface area (Å²) in [4.78, 5) is 28.9. The van der Waals surface area contributed by atoms with Gasteiger partial charge in [-0.3, -0.25) is 20.0 Å². The van der Waals surface area contributed by atoms with E-state index in [0.29, 0.717) is 16.6 Å². The first-order chi connectivity index (χ1) is 14.5. The second kappa shape index (κ2) is 6.83. The van der Waals surface area contributed by atoms with Crippen molar-refractivity contribution in [2.75, 3.05) is 36.0 Å². The number of hydrogen-bond acceptors (Lipinski definition) is 5. The molecule has 2 aliphatic heterocycles. The number of aromatic amines is 1. The van der Waals surface area contributed by atoms with Crippen molar-refractivity contribution < 1.29 is 14.0 Å². The van der Waals surface area contributed by atoms with Crippen LogP contribution < -0.4 is 15.1 Å². The fourth-order valence-corrected chi connectivity index (χ4v) is 4.65. The van der Waals surface area contributed by atoms with Crippen molar-refractivity contribution in [1.82, 2.24) is 15.5 Å². The summed E-state index contributed by atoms with van der Waals surface area (Å²) in [5.74, 6) is -0.0872. The number of piperazine rings is 1. The molecule has 3 heterocycles. The van der Waals surface area contributed by atoms with Crippen LogP contribution in [0.5, 0.6) is 0 Å². The third-order valence-electron chi connectivity index (χ3n) is 6.16. The van der Waals surface area contributed by atoms with Crippen LogP contribution in [0, 0.1) is 12.7 Å². The van der Waals surface area contributed by atoms with Crippen molar-refractivity contribution in [1.29, 1.82) is 0 Å². The molecule has 30 heavy (non-hydrogen) atoms. The molecule has 0 unspecified atom stereocenters. The molecular weight excluding hydrogens is 385 g/mol. The van der Waals surface area contributed by atoms with Gasteiger partial charge in [0.05, 0.1) is 16.6 Å². The molecule has 2 amide bonds. The number of imide groups is 1. The molecule has 0 radical (unpaired) electrons. The predicted molar refractivity (Wildman–Crippen MR) is 113 cm³/mol. The topological polar surface area (TPSA) is 81.3 Å². The van der Waals surface area contributed by atoms with Crippen LogP contribution in [0.3, 0.4) is 0 Å². The van der Waals surface area contributed by atoms with Gasteiger partial charge in [0.1, 0.15) is 5.82 Å². The minimum Gasteiger partial charge on any atom is -0.368 e. The van der Waals surface area contributed by atoms with E-state index >= 15 is 0 Å². The fraction of sp³-hybridized carbons (Fsp3) is 0.318. The largest absolute Gasteiger partial charge is 0.368 e. The standard InChI is InChI=1S/C22H22FN5O2/c1-3-14-12(2)19-16(21(29)24-22(19)30)11-18(14)27-6-8-28(9-7-27)20-15-5-4-13(23)10-17(15)25-26-20/h4-5,10-11H,3,6-9H2,1-2H3,(H,25,26)(H,24,29,30). The van der Waals surface area contributed by atoms with Crippen LogP contribution in [-0.2, 0) is 6.42 Å². The Hall–Kier alpha value is -3.42. The van der Waals surface area contributed by atoms with Crippen LogP contribution in [0.4, 0.5) is 15.9 Å². The Balaban J connectivity index is 1.43. The van der Waals surface area contributed by atoms with E-state index < -0.39 is 0 Å². The Morgan fingerprint density at radius 2 is 1.80 bits per heavy atom. The number of carbonyl (C=O) groups excluding carboxylic acids is 2. The number of nitrogens with one attached hydrogen (secondary N) is 2. The maximum absolute atomic E-state index is 13.5. The molecule has 2 N–H and O–H groups in total. The maximum atomic E-state index is 13.5. The summed E-state index contributed by atoms with van der Waals surface area (Å²) in [6.45, 7) is 7.01. The molecule has 154 valence electrons. The van der Waals surface area contributed by atoms with E-state index in [1.54, 1.807) is 6.07 Å². The van der Waals surface area contributed by atoms with Crippen molar-refractivity contribution in [3.63, 3.8) is 0 Å². The smallest absolute Gasteiger partial charge is 0.259 e. The lowest BCUT2D eigenvalue weighted by Crippen LogP contribution is -2.47. The molecule has 0 saturated carbocycles. The van der Waals surface area contributed by atoms with Gasteiger partial charge in [0.25, 0.3) is 11.8 Å². The maximum Gasteiger partial charge on any atom is 0.259 e. The van der Waals surface area contributed by atoms with Crippen molar-refractivity contribution >= 4 is 34.2 Å². The molecule has 2 aromatic carbocycles. The third-order valence-corrected chi connectivity index (χ3v) is 6.16. The highest BCUT2D eigenvalue weighted by atomic mass is 19.1. The number of fused-ring (bicyclic) bond motifs is 2. The minimum absolute atomic E-state index is 0.288. The number of anilines is 2. The SMILES string of the molecule is CCc1c(N2CCN(c3n[nH]c4cc(F)ccc34)CC2)cc2c(c1C)C(=O)NC2=O. The van der Waals surface area contributed by atoms with Gasteiger partial charge in [0, 0.05) is 37.3 Å². The van der Waals surface area contributed by atoms with E-state index in [4.69, 9.17) is 0 Å². The highest BCUT2D eigenvalue weighted by Gasteiger charge is 2.32. The first-order valence-electron chi connectivity index (χ1n) is 10.1. The number of amides is 2. The van der Waals surface area contributed by atoms with Crippen LogP contribution in [0.2, 0.25) is 0 Å². The molecule has 0 spiro atoms. The van der Waals surface area contributed by atoms with Gasteiger partial charge in [-0.2, -0.15) is 5.10 Å². The van der Waals surface area contributed by atoms with Crippen LogP contribution in [0.1, 0.15) is 38.8 Å². The Bertz CT molecular complexity index is 1190. The van der Waals surface area contributed by atoms with E-state index in [-0.39, 0.29) is 17.6 Å². The average molecular weight is 407 g/mol. The first-order valence-corrected chi connectivity index (χ1v) is 10.1. The molecule has 7 nitrogen and oxygen atoms in total. The average Bonchev–Trinajstić information content (AvgIpc) is 3.28. The Morgan fingerprint density at radius 1 is 1.07 bits per heavy atom. The van der Waals surface area contributed by atoms with Crippen LogP contribution in [-0.4, -0.2) is 48.2 Å². The zero-order chi connectivity index (χ0) is 21.0. The van der Waals surface area contributed by atoms with Gasteiger partial charge < -0.3 is 9.80 Å². The normalized spacial score (nSPS) is 16.4.